The van der Waals surface area contributed by atoms with Crippen molar-refractivity contribution in [2.24, 2.45) is 0 Å². The molecule has 1 saturated heterocycles. The number of carbonyl (C=O) groups excluding carboxylic acids is 2. The van der Waals surface area contributed by atoms with E-state index in [2.05, 4.69) is 44.2 Å². The summed E-state index contributed by atoms with van der Waals surface area (Å²) < 4.78 is 20.9. The molecule has 2 amide bonds. The largest absolute Gasteiger partial charge is 0.444 e. The predicted octanol–water partition coefficient (Wildman–Crippen LogP) is 5.42. The van der Waals surface area contributed by atoms with E-state index < -0.39 is 12.0 Å². The lowest BCUT2D eigenvalue weighted by molar-refractivity contribution is -0.111. The Bertz CT molecular complexity index is 1550. The molecule has 0 saturated carbocycles. The van der Waals surface area contributed by atoms with Crippen molar-refractivity contribution in [1.29, 1.82) is 0 Å². The molecule has 11 nitrogen and oxygen atoms in total. The quantitative estimate of drug-likeness (QED) is 0.256. The van der Waals surface area contributed by atoms with E-state index >= 15 is 0 Å². The zero-order valence-corrected chi connectivity index (χ0v) is 23.1. The third kappa shape index (κ3) is 7.15. The lowest BCUT2D eigenvalue weighted by Gasteiger charge is -2.28. The zero-order valence-electron chi connectivity index (χ0n) is 23.1. The summed E-state index contributed by atoms with van der Waals surface area (Å²) in [6, 6.07) is 14.2. The molecule has 42 heavy (non-hydrogen) atoms. The maximum atomic E-state index is 13.5. The van der Waals surface area contributed by atoms with Crippen LogP contribution in [0.15, 0.2) is 85.8 Å². The van der Waals surface area contributed by atoms with Gasteiger partial charge in [-0.05, 0) is 75.0 Å². The number of anilines is 5. The van der Waals surface area contributed by atoms with E-state index in [9.17, 15) is 14.0 Å². The van der Waals surface area contributed by atoms with Gasteiger partial charge in [0.05, 0.1) is 23.6 Å². The summed E-state index contributed by atoms with van der Waals surface area (Å²) in [5.74, 6) is -0.302. The van der Waals surface area contributed by atoms with Gasteiger partial charge in [-0.3, -0.25) is 9.48 Å². The van der Waals surface area contributed by atoms with Crippen molar-refractivity contribution in [1.82, 2.24) is 24.6 Å². The van der Waals surface area contributed by atoms with Crippen molar-refractivity contribution in [3.63, 3.8) is 0 Å². The van der Waals surface area contributed by atoms with Gasteiger partial charge >= 0.3 is 6.09 Å². The highest BCUT2D eigenvalue weighted by Gasteiger charge is 2.23. The number of aromatic nitrogens is 4. The van der Waals surface area contributed by atoms with Crippen LogP contribution in [0, 0.1) is 5.82 Å². The number of hydrogen-bond acceptors (Lipinski definition) is 8. The molecule has 0 aliphatic carbocycles. The minimum atomic E-state index is -0.730. The van der Waals surface area contributed by atoms with E-state index in [4.69, 9.17) is 4.74 Å². The van der Waals surface area contributed by atoms with E-state index in [-0.39, 0.29) is 24.2 Å². The fourth-order valence-electron chi connectivity index (χ4n) is 4.56. The minimum absolute atomic E-state index is 0.0885. The molecule has 1 aliphatic rings. The van der Waals surface area contributed by atoms with Gasteiger partial charge in [0, 0.05) is 24.1 Å². The Morgan fingerprint density at radius 3 is 2.69 bits per heavy atom. The third-order valence-electron chi connectivity index (χ3n) is 6.81. The summed E-state index contributed by atoms with van der Waals surface area (Å²) in [7, 11) is 2.12. The van der Waals surface area contributed by atoms with E-state index in [1.807, 2.05) is 10.9 Å². The Morgan fingerprint density at radius 1 is 1.14 bits per heavy atom. The molecule has 4 aromatic rings. The van der Waals surface area contributed by atoms with Crippen LogP contribution < -0.4 is 15.5 Å². The first-order valence-electron chi connectivity index (χ1n) is 13.5. The van der Waals surface area contributed by atoms with E-state index in [0.29, 0.717) is 28.7 Å². The highest BCUT2D eigenvalue weighted by molar-refractivity contribution is 6.00. The summed E-state index contributed by atoms with van der Waals surface area (Å²) >= 11 is 0. The molecule has 1 aliphatic heterocycles. The molecule has 216 valence electrons. The summed E-state index contributed by atoms with van der Waals surface area (Å²) in [6.45, 7) is 5.42. The number of benzene rings is 2. The second-order valence-corrected chi connectivity index (χ2v) is 9.87. The van der Waals surface area contributed by atoms with Crippen molar-refractivity contribution in [3.8, 4) is 0 Å². The molecule has 2 N–H and O–H groups in total. The second-order valence-electron chi connectivity index (χ2n) is 9.87. The van der Waals surface area contributed by atoms with Gasteiger partial charge in [0.2, 0.25) is 11.9 Å². The van der Waals surface area contributed by atoms with E-state index in [1.165, 1.54) is 35.4 Å². The molecule has 12 heteroatoms. The predicted molar refractivity (Wildman–Crippen MR) is 157 cm³/mol. The number of rotatable bonds is 9. The molecule has 0 spiro atoms. The topological polar surface area (TPSA) is 118 Å². The molecule has 0 unspecified atom stereocenters. The first-order chi connectivity index (χ1) is 20.4. The average Bonchev–Trinajstić information content (AvgIpc) is 3.46. The number of hydrogen-bond donors (Lipinski definition) is 2. The monoisotopic (exact) mass is 570 g/mol. The molecule has 2 aromatic heterocycles. The van der Waals surface area contributed by atoms with Crippen molar-refractivity contribution in [2.45, 2.75) is 25.5 Å². The minimum Gasteiger partial charge on any atom is -0.444 e. The van der Waals surface area contributed by atoms with Crippen LogP contribution in [0.3, 0.4) is 0 Å². The third-order valence-corrected chi connectivity index (χ3v) is 6.81. The number of amides is 2. The number of ether oxygens (including phenoxy) is 1. The molecule has 0 atom stereocenters. The molecule has 2 aromatic carbocycles. The van der Waals surface area contributed by atoms with Crippen LogP contribution in [0.4, 0.5) is 38.0 Å². The standard InChI is InChI=1S/C30H31FN8O3/c1-3-28(40)34-23-5-4-6-26(17-23)39(30(41)42-20-21-7-9-22(31)10-8-21)27-11-14-32-29(36-27)35-24-18-33-38(19-24)25-12-15-37(2)16-13-25/h3-11,14,17-19,25H,1,12-13,15-16,20H2,2H3,(H,34,40)(H,32,35,36). The van der Waals surface area contributed by atoms with Crippen LogP contribution in [-0.4, -0.2) is 56.8 Å². The lowest BCUT2D eigenvalue weighted by atomic mass is 10.1. The Hall–Kier alpha value is -5.10. The van der Waals surface area contributed by atoms with Crippen LogP contribution in [0.1, 0.15) is 24.4 Å². The van der Waals surface area contributed by atoms with Gasteiger partial charge in [0.15, 0.2) is 0 Å². The molecular weight excluding hydrogens is 539 g/mol. The summed E-state index contributed by atoms with van der Waals surface area (Å²) in [5.41, 5.74) is 2.16. The van der Waals surface area contributed by atoms with Crippen molar-refractivity contribution in [3.05, 3.63) is 97.2 Å². The van der Waals surface area contributed by atoms with Gasteiger partial charge in [0.25, 0.3) is 0 Å². The molecule has 0 radical (unpaired) electrons. The number of nitrogens with zero attached hydrogens (tertiary/aromatic N) is 6. The normalized spacial score (nSPS) is 13.8. The van der Waals surface area contributed by atoms with E-state index in [1.54, 1.807) is 36.5 Å². The maximum Gasteiger partial charge on any atom is 0.420 e. The molecule has 5 rings (SSSR count). The summed E-state index contributed by atoms with van der Waals surface area (Å²) in [6.07, 6.45) is 7.62. The van der Waals surface area contributed by atoms with Gasteiger partial charge in [-0.1, -0.05) is 24.8 Å². The Labute approximate surface area is 242 Å². The van der Waals surface area contributed by atoms with Crippen molar-refractivity contribution < 1.29 is 18.7 Å². The molecular formula is C30H31FN8O3. The van der Waals surface area contributed by atoms with Crippen LogP contribution in [0.5, 0.6) is 0 Å². The van der Waals surface area contributed by atoms with E-state index in [0.717, 1.165) is 32.0 Å². The first-order valence-corrected chi connectivity index (χ1v) is 13.5. The second kappa shape index (κ2) is 13.0. The van der Waals surface area contributed by atoms with Gasteiger partial charge in [-0.2, -0.15) is 10.1 Å². The fraction of sp³-hybridized carbons (Fsp3) is 0.233. The number of piperidine rings is 1. The first kappa shape index (κ1) is 28.4. The molecule has 0 bridgehead atoms. The van der Waals surface area contributed by atoms with Gasteiger partial charge < -0.3 is 20.3 Å². The number of likely N-dealkylation sites (tertiary alicyclic amines) is 1. The van der Waals surface area contributed by atoms with Crippen molar-refractivity contribution >= 4 is 40.8 Å². The van der Waals surface area contributed by atoms with Crippen LogP contribution in [0.25, 0.3) is 0 Å². The zero-order chi connectivity index (χ0) is 29.5. The lowest BCUT2D eigenvalue weighted by Crippen LogP contribution is -2.31. The summed E-state index contributed by atoms with van der Waals surface area (Å²) in [4.78, 5) is 37.8. The number of carbonyl (C=O) groups is 2. The van der Waals surface area contributed by atoms with Crippen LogP contribution in [0.2, 0.25) is 0 Å². The van der Waals surface area contributed by atoms with Gasteiger partial charge in [-0.15, -0.1) is 0 Å². The highest BCUT2D eigenvalue weighted by atomic mass is 19.1. The maximum absolute atomic E-state index is 13.5. The van der Waals surface area contributed by atoms with Gasteiger partial charge in [-0.25, -0.2) is 19.1 Å². The summed E-state index contributed by atoms with van der Waals surface area (Å²) in [5, 5.41) is 10.4. The number of nitrogens with one attached hydrogen (secondary N) is 2. The van der Waals surface area contributed by atoms with Crippen LogP contribution >= 0.6 is 0 Å². The molecule has 1 fully saturated rings. The van der Waals surface area contributed by atoms with Crippen molar-refractivity contribution in [2.75, 3.05) is 35.7 Å². The number of halogens is 1. The highest BCUT2D eigenvalue weighted by Crippen LogP contribution is 2.29. The fourth-order valence-corrected chi connectivity index (χ4v) is 4.56. The molecule has 3 heterocycles. The average molecular weight is 571 g/mol. The Balaban J connectivity index is 1.39. The Kier molecular flexibility index (Phi) is 8.83. The Morgan fingerprint density at radius 2 is 1.93 bits per heavy atom. The smallest absolute Gasteiger partial charge is 0.420 e. The SMILES string of the molecule is C=CC(=O)Nc1cccc(N(C(=O)OCc2ccc(F)cc2)c2ccnc(Nc3cnn(C4CCN(C)CC4)c3)n2)c1. The van der Waals surface area contributed by atoms with Crippen LogP contribution in [-0.2, 0) is 16.1 Å². The van der Waals surface area contributed by atoms with Gasteiger partial charge in [0.1, 0.15) is 18.2 Å².